The predicted molar refractivity (Wildman–Crippen MR) is 172 cm³/mol. The molecule has 0 spiro atoms. The van der Waals surface area contributed by atoms with Crippen molar-refractivity contribution in [2.75, 3.05) is 0 Å². The van der Waals surface area contributed by atoms with E-state index in [1.165, 1.54) is 24.3 Å². The zero-order valence-corrected chi connectivity index (χ0v) is 26.8. The summed E-state index contributed by atoms with van der Waals surface area (Å²) in [7, 11) is 0. The molecule has 14 nitrogen and oxygen atoms in total. The molecule has 4 rings (SSSR count). The van der Waals surface area contributed by atoms with Crippen LogP contribution in [0.2, 0.25) is 0 Å². The number of hydrogen-bond acceptors (Lipinski definition) is 10. The molecule has 0 unspecified atom stereocenters. The van der Waals surface area contributed by atoms with E-state index in [0.29, 0.717) is 45.0 Å². The molecule has 14 heteroatoms. The van der Waals surface area contributed by atoms with Gasteiger partial charge in [-0.15, -0.1) is 0 Å². The van der Waals surface area contributed by atoms with Crippen molar-refractivity contribution in [3.05, 3.63) is 116 Å². The van der Waals surface area contributed by atoms with Gasteiger partial charge in [0.05, 0.1) is 0 Å². The largest absolute Gasteiger partial charge is 0.477 e. The lowest BCUT2D eigenvalue weighted by atomic mass is 9.66. The summed E-state index contributed by atoms with van der Waals surface area (Å²) < 4.78 is 0. The molecule has 0 saturated heterocycles. The number of nitrogens with zero attached hydrogens (tertiary/aromatic N) is 4. The number of rotatable bonds is 13. The van der Waals surface area contributed by atoms with Gasteiger partial charge in [-0.2, -0.15) is 0 Å². The molecule has 0 saturated carbocycles. The van der Waals surface area contributed by atoms with Gasteiger partial charge in [-0.25, -0.2) is 39.1 Å². The molecule has 0 amide bonds. The average molecular weight is 657 g/mol. The van der Waals surface area contributed by atoms with Gasteiger partial charge >= 0.3 is 23.9 Å². The lowest BCUT2D eigenvalue weighted by Gasteiger charge is -2.47. The monoisotopic (exact) mass is 656 g/mol. The fourth-order valence-electron chi connectivity index (χ4n) is 5.50. The number of carboxylic acids is 4. The first-order valence-electron chi connectivity index (χ1n) is 14.8. The number of hydrogen-bond donors (Lipinski definition) is 6. The van der Waals surface area contributed by atoms with E-state index in [2.05, 4.69) is 19.9 Å². The normalized spacial score (nSPS) is 11.7. The van der Waals surface area contributed by atoms with Crippen molar-refractivity contribution in [1.82, 2.24) is 19.9 Å². The topological polar surface area (TPSA) is 253 Å². The van der Waals surface area contributed by atoms with Crippen LogP contribution in [0.1, 0.15) is 87.0 Å². The third-order valence-corrected chi connectivity index (χ3v) is 8.61. The second-order valence-electron chi connectivity index (χ2n) is 12.1. The Kier molecular flexibility index (Phi) is 10.0. The summed E-state index contributed by atoms with van der Waals surface area (Å²) in [5.41, 5.74) is 14.2. The Bertz CT molecular complexity index is 1670. The molecule has 0 bridgehead atoms. The maximum atomic E-state index is 11.9. The Morgan fingerprint density at radius 2 is 0.646 bits per heavy atom. The van der Waals surface area contributed by atoms with Gasteiger partial charge in [0.1, 0.15) is 22.8 Å². The summed E-state index contributed by atoms with van der Waals surface area (Å²) in [6, 6.07) is 11.8. The average Bonchev–Trinajstić information content (AvgIpc) is 3.01. The molecular formula is C34H36N6O8. The minimum Gasteiger partial charge on any atom is -0.477 e. The van der Waals surface area contributed by atoms with Crippen LogP contribution in [0.25, 0.3) is 0 Å². The van der Waals surface area contributed by atoms with Crippen molar-refractivity contribution in [3.8, 4) is 0 Å². The standard InChI is InChI=1S/C34H36N6O8/c1-17-5-9-21(29(41)42)37-25(17)13-33(35,14-26-18(2)6-10-22(38-26)30(43)44)34(36,15-27-19(3)7-11-23(39-27)31(45)46)16-28-20(4)8-12-24(40-28)32(47)48/h5-12H,13-16,35-36H2,1-4H3,(H,41,42)(H,43,44)(H,45,46)(H,47,48). The molecule has 0 aromatic carbocycles. The molecule has 0 aliphatic rings. The minimum atomic E-state index is -1.64. The first-order valence-corrected chi connectivity index (χ1v) is 14.8. The van der Waals surface area contributed by atoms with E-state index in [0.717, 1.165) is 0 Å². The first kappa shape index (κ1) is 35.3. The number of nitrogens with two attached hydrogens (primary N) is 2. The molecule has 0 aliphatic heterocycles. The summed E-state index contributed by atoms with van der Waals surface area (Å²) in [5, 5.41) is 38.8. The molecule has 4 heterocycles. The van der Waals surface area contributed by atoms with Gasteiger partial charge in [0.15, 0.2) is 0 Å². The van der Waals surface area contributed by atoms with Crippen LogP contribution in [0.3, 0.4) is 0 Å². The molecule has 0 fully saturated rings. The smallest absolute Gasteiger partial charge is 0.354 e. The molecule has 250 valence electrons. The van der Waals surface area contributed by atoms with Crippen LogP contribution >= 0.6 is 0 Å². The van der Waals surface area contributed by atoms with E-state index < -0.39 is 35.0 Å². The third-order valence-electron chi connectivity index (χ3n) is 8.61. The third kappa shape index (κ3) is 7.51. The van der Waals surface area contributed by atoms with E-state index in [1.54, 1.807) is 52.0 Å². The Labute approximate surface area is 275 Å². The van der Waals surface area contributed by atoms with Crippen LogP contribution in [-0.4, -0.2) is 75.3 Å². The summed E-state index contributed by atoms with van der Waals surface area (Å²) in [6.07, 6.45) is -0.594. The van der Waals surface area contributed by atoms with Crippen molar-refractivity contribution >= 4 is 23.9 Å². The highest BCUT2D eigenvalue weighted by Crippen LogP contribution is 2.34. The molecule has 4 aromatic heterocycles. The second-order valence-corrected chi connectivity index (χ2v) is 12.1. The van der Waals surface area contributed by atoms with Crippen molar-refractivity contribution in [2.24, 2.45) is 11.5 Å². The molecule has 0 aliphatic carbocycles. The van der Waals surface area contributed by atoms with Crippen LogP contribution < -0.4 is 11.5 Å². The highest BCUT2D eigenvalue weighted by molar-refractivity contribution is 5.86. The van der Waals surface area contributed by atoms with E-state index >= 15 is 0 Å². The lowest BCUT2D eigenvalue weighted by molar-refractivity contribution is 0.0678. The quantitative estimate of drug-likeness (QED) is 0.121. The summed E-state index contributed by atoms with van der Waals surface area (Å²) in [6.45, 7) is 6.91. The molecule has 0 atom stereocenters. The molecule has 8 N–H and O–H groups in total. The predicted octanol–water partition coefficient (Wildman–Crippen LogP) is 2.96. The van der Waals surface area contributed by atoms with E-state index in [9.17, 15) is 39.6 Å². The Morgan fingerprint density at radius 3 is 0.812 bits per heavy atom. The zero-order chi connectivity index (χ0) is 35.6. The van der Waals surface area contributed by atoms with Crippen LogP contribution in [0.5, 0.6) is 0 Å². The first-order chi connectivity index (χ1) is 22.4. The molecular weight excluding hydrogens is 620 g/mol. The Hall–Kier alpha value is -5.60. The van der Waals surface area contributed by atoms with Crippen molar-refractivity contribution in [2.45, 2.75) is 64.5 Å². The van der Waals surface area contributed by atoms with Crippen molar-refractivity contribution in [3.63, 3.8) is 0 Å². The number of aromatic carboxylic acids is 4. The number of aryl methyl sites for hydroxylation is 4. The maximum absolute atomic E-state index is 11.9. The number of pyridine rings is 4. The fourth-order valence-corrected chi connectivity index (χ4v) is 5.50. The SMILES string of the molecule is Cc1ccc(C(=O)O)nc1CC(N)(Cc1nc(C(=O)O)ccc1C)C(N)(Cc1nc(C(=O)O)ccc1C)Cc1nc(C(=O)O)ccc1C. The summed E-state index contributed by atoms with van der Waals surface area (Å²) in [5.74, 6) is -5.05. The van der Waals surface area contributed by atoms with Crippen LogP contribution in [0.15, 0.2) is 48.5 Å². The van der Waals surface area contributed by atoms with Gasteiger partial charge in [0.2, 0.25) is 0 Å². The van der Waals surface area contributed by atoms with Gasteiger partial charge in [-0.05, 0) is 74.2 Å². The summed E-state index contributed by atoms with van der Waals surface area (Å²) >= 11 is 0. The van der Waals surface area contributed by atoms with E-state index in [1.807, 2.05) is 0 Å². The van der Waals surface area contributed by atoms with Gasteiger partial charge in [0, 0.05) is 59.5 Å². The minimum absolute atomic E-state index is 0.149. The number of carboxylic acid groups (broad SMARTS) is 4. The van der Waals surface area contributed by atoms with Crippen LogP contribution in [0.4, 0.5) is 0 Å². The Morgan fingerprint density at radius 1 is 0.458 bits per heavy atom. The number of carbonyl (C=O) groups is 4. The number of aromatic nitrogens is 4. The van der Waals surface area contributed by atoms with Crippen LogP contribution in [-0.2, 0) is 25.7 Å². The van der Waals surface area contributed by atoms with E-state index in [4.69, 9.17) is 11.5 Å². The lowest BCUT2D eigenvalue weighted by Crippen LogP contribution is -2.70. The second kappa shape index (κ2) is 13.6. The van der Waals surface area contributed by atoms with Crippen molar-refractivity contribution < 1.29 is 39.6 Å². The molecule has 4 aromatic rings. The zero-order valence-electron chi connectivity index (χ0n) is 26.8. The van der Waals surface area contributed by atoms with Gasteiger partial charge in [0.25, 0.3) is 0 Å². The maximum Gasteiger partial charge on any atom is 0.354 e. The van der Waals surface area contributed by atoms with Gasteiger partial charge in [-0.3, -0.25) is 0 Å². The van der Waals surface area contributed by atoms with Gasteiger partial charge < -0.3 is 31.9 Å². The molecule has 48 heavy (non-hydrogen) atoms. The Balaban J connectivity index is 2.03. The highest BCUT2D eigenvalue weighted by Gasteiger charge is 2.48. The summed E-state index contributed by atoms with van der Waals surface area (Å²) in [4.78, 5) is 65.1. The van der Waals surface area contributed by atoms with Gasteiger partial charge in [-0.1, -0.05) is 24.3 Å². The van der Waals surface area contributed by atoms with Crippen molar-refractivity contribution in [1.29, 1.82) is 0 Å². The molecule has 0 radical (unpaired) electrons. The fraction of sp³-hybridized carbons (Fsp3) is 0.294. The highest BCUT2D eigenvalue weighted by atomic mass is 16.4. The van der Waals surface area contributed by atoms with E-state index in [-0.39, 0.29) is 48.5 Å². The van der Waals surface area contributed by atoms with Crippen LogP contribution in [0, 0.1) is 27.7 Å².